The summed E-state index contributed by atoms with van der Waals surface area (Å²) in [4.78, 5) is 31.6. The first kappa shape index (κ1) is 19.6. The van der Waals surface area contributed by atoms with Crippen molar-refractivity contribution in [2.75, 3.05) is 33.3 Å². The van der Waals surface area contributed by atoms with Gasteiger partial charge in [-0.15, -0.1) is 0 Å². The Morgan fingerprint density at radius 3 is 2.93 bits per heavy atom. The fourth-order valence-electron chi connectivity index (χ4n) is 4.20. The number of carbonyl (C=O) groups excluding carboxylic acids is 2. The van der Waals surface area contributed by atoms with Crippen LogP contribution in [0.15, 0.2) is 30.3 Å². The van der Waals surface area contributed by atoms with Gasteiger partial charge in [0.05, 0.1) is 18.7 Å². The number of rotatable bonds is 5. The second-order valence-electron chi connectivity index (χ2n) is 7.91. The predicted molar refractivity (Wildman–Crippen MR) is 111 cm³/mol. The number of benzene rings is 1. The highest BCUT2D eigenvalue weighted by Gasteiger charge is 2.27. The van der Waals surface area contributed by atoms with Crippen LogP contribution in [-0.4, -0.2) is 61.0 Å². The van der Waals surface area contributed by atoms with Crippen molar-refractivity contribution in [3.8, 4) is 5.75 Å². The van der Waals surface area contributed by atoms with Crippen LogP contribution in [0.2, 0.25) is 0 Å². The summed E-state index contributed by atoms with van der Waals surface area (Å²) in [7, 11) is 1.63. The highest BCUT2D eigenvalue weighted by Crippen LogP contribution is 2.22. The molecule has 1 aromatic carbocycles. The molecular weight excluding hydrogens is 368 g/mol. The van der Waals surface area contributed by atoms with Crippen LogP contribution in [0.1, 0.15) is 36.2 Å². The van der Waals surface area contributed by atoms with E-state index in [9.17, 15) is 9.59 Å². The van der Waals surface area contributed by atoms with E-state index >= 15 is 0 Å². The molecule has 0 bridgehead atoms. The number of nitrogens with one attached hydrogen (secondary N) is 2. The first-order valence-corrected chi connectivity index (χ1v) is 10.4. The maximum absolute atomic E-state index is 13.0. The molecule has 2 N–H and O–H groups in total. The molecule has 1 aromatic heterocycles. The SMILES string of the molecule is COc1ccc2nc(C(=O)N3CCCC(CNC(=O)C4CCCN4)C3)ccc2c1. The molecule has 2 saturated heterocycles. The van der Waals surface area contributed by atoms with E-state index in [0.29, 0.717) is 18.8 Å². The monoisotopic (exact) mass is 396 g/mol. The van der Waals surface area contributed by atoms with Gasteiger partial charge in [-0.25, -0.2) is 4.98 Å². The second-order valence-corrected chi connectivity index (χ2v) is 7.91. The Kier molecular flexibility index (Phi) is 5.94. The molecule has 0 aliphatic carbocycles. The van der Waals surface area contributed by atoms with Gasteiger partial charge in [0, 0.05) is 25.0 Å². The van der Waals surface area contributed by atoms with Gasteiger partial charge in [-0.05, 0) is 62.4 Å². The van der Waals surface area contributed by atoms with Crippen molar-refractivity contribution in [1.82, 2.24) is 20.5 Å². The average Bonchev–Trinajstić information content (AvgIpc) is 3.31. The molecule has 0 saturated carbocycles. The van der Waals surface area contributed by atoms with Gasteiger partial charge in [0.1, 0.15) is 11.4 Å². The van der Waals surface area contributed by atoms with Crippen molar-refractivity contribution in [3.63, 3.8) is 0 Å². The molecule has 0 radical (unpaired) electrons. The quantitative estimate of drug-likeness (QED) is 0.807. The first-order chi connectivity index (χ1) is 14.1. The van der Waals surface area contributed by atoms with Gasteiger partial charge in [-0.1, -0.05) is 6.07 Å². The number of likely N-dealkylation sites (tertiary alicyclic amines) is 1. The molecule has 7 heteroatoms. The summed E-state index contributed by atoms with van der Waals surface area (Å²) in [5.74, 6) is 1.09. The molecular formula is C22H28N4O3. The zero-order valence-corrected chi connectivity index (χ0v) is 16.8. The van der Waals surface area contributed by atoms with E-state index in [2.05, 4.69) is 15.6 Å². The summed E-state index contributed by atoms with van der Waals surface area (Å²) in [6.07, 6.45) is 3.92. The normalized spacial score (nSPS) is 21.9. The highest BCUT2D eigenvalue weighted by atomic mass is 16.5. The fourth-order valence-corrected chi connectivity index (χ4v) is 4.20. The van der Waals surface area contributed by atoms with Crippen molar-refractivity contribution in [2.45, 2.75) is 31.7 Å². The molecule has 2 atom stereocenters. The van der Waals surface area contributed by atoms with E-state index < -0.39 is 0 Å². The summed E-state index contributed by atoms with van der Waals surface area (Å²) in [6.45, 7) is 2.91. The summed E-state index contributed by atoms with van der Waals surface area (Å²) in [5, 5.41) is 7.23. The van der Waals surface area contributed by atoms with Crippen LogP contribution in [-0.2, 0) is 4.79 Å². The lowest BCUT2D eigenvalue weighted by Crippen LogP contribution is -2.46. The number of amides is 2. The van der Waals surface area contributed by atoms with Gasteiger partial charge in [0.15, 0.2) is 0 Å². The molecule has 0 spiro atoms. The van der Waals surface area contributed by atoms with Crippen LogP contribution in [0.25, 0.3) is 10.9 Å². The number of nitrogens with zero attached hydrogens (tertiary/aromatic N) is 2. The van der Waals surface area contributed by atoms with Crippen LogP contribution < -0.4 is 15.4 Å². The van der Waals surface area contributed by atoms with Crippen LogP contribution in [0.5, 0.6) is 5.75 Å². The van der Waals surface area contributed by atoms with Crippen molar-refractivity contribution < 1.29 is 14.3 Å². The summed E-state index contributed by atoms with van der Waals surface area (Å²) < 4.78 is 5.24. The van der Waals surface area contributed by atoms with E-state index in [-0.39, 0.29) is 23.8 Å². The molecule has 2 aliphatic heterocycles. The van der Waals surface area contributed by atoms with Crippen molar-refractivity contribution in [1.29, 1.82) is 0 Å². The number of piperidine rings is 1. The second kappa shape index (κ2) is 8.78. The summed E-state index contributed by atoms with van der Waals surface area (Å²) in [6, 6.07) is 9.26. The number of pyridine rings is 1. The smallest absolute Gasteiger partial charge is 0.272 e. The lowest BCUT2D eigenvalue weighted by molar-refractivity contribution is -0.123. The standard InChI is InChI=1S/C22H28N4O3/c1-29-17-7-9-18-16(12-17)6-8-20(25-18)22(28)26-11-3-4-15(14-26)13-24-21(27)19-5-2-10-23-19/h6-9,12,15,19,23H,2-5,10-11,13-14H2,1H3,(H,24,27). The van der Waals surface area contributed by atoms with Crippen LogP contribution in [0, 0.1) is 5.92 Å². The Morgan fingerprint density at radius 2 is 2.14 bits per heavy atom. The van der Waals surface area contributed by atoms with Gasteiger partial charge in [-0.3, -0.25) is 9.59 Å². The first-order valence-electron chi connectivity index (χ1n) is 10.4. The van der Waals surface area contributed by atoms with Gasteiger partial charge >= 0.3 is 0 Å². The molecule has 7 nitrogen and oxygen atoms in total. The number of ether oxygens (including phenoxy) is 1. The van der Waals surface area contributed by atoms with E-state index in [4.69, 9.17) is 4.74 Å². The van der Waals surface area contributed by atoms with Crippen molar-refractivity contribution in [2.24, 2.45) is 5.92 Å². The van der Waals surface area contributed by atoms with Crippen molar-refractivity contribution in [3.05, 3.63) is 36.0 Å². The number of fused-ring (bicyclic) bond motifs is 1. The maximum Gasteiger partial charge on any atom is 0.272 e. The van der Waals surface area contributed by atoms with Gasteiger partial charge < -0.3 is 20.3 Å². The summed E-state index contributed by atoms with van der Waals surface area (Å²) in [5.41, 5.74) is 1.24. The Morgan fingerprint density at radius 1 is 1.24 bits per heavy atom. The number of hydrogen-bond acceptors (Lipinski definition) is 5. The Balaban J connectivity index is 1.37. The zero-order chi connectivity index (χ0) is 20.2. The van der Waals surface area contributed by atoms with E-state index in [1.165, 1.54) is 0 Å². The Labute approximate surface area is 170 Å². The third-order valence-electron chi connectivity index (χ3n) is 5.86. The maximum atomic E-state index is 13.0. The molecule has 3 heterocycles. The van der Waals surface area contributed by atoms with Gasteiger partial charge in [0.25, 0.3) is 5.91 Å². The molecule has 2 aliphatic rings. The average molecular weight is 396 g/mol. The zero-order valence-electron chi connectivity index (χ0n) is 16.8. The van der Waals surface area contributed by atoms with Gasteiger partial charge in [-0.2, -0.15) is 0 Å². The van der Waals surface area contributed by atoms with E-state index in [0.717, 1.165) is 55.4 Å². The van der Waals surface area contributed by atoms with Crippen LogP contribution in [0.3, 0.4) is 0 Å². The highest BCUT2D eigenvalue weighted by molar-refractivity contribution is 5.95. The Hall–Kier alpha value is -2.67. The predicted octanol–water partition coefficient (Wildman–Crippen LogP) is 1.96. The largest absolute Gasteiger partial charge is 0.497 e. The number of hydrogen-bond donors (Lipinski definition) is 2. The van der Waals surface area contributed by atoms with E-state index in [1.54, 1.807) is 13.2 Å². The minimum absolute atomic E-state index is 0.0452. The molecule has 2 unspecified atom stereocenters. The number of aromatic nitrogens is 1. The van der Waals surface area contributed by atoms with Crippen LogP contribution >= 0.6 is 0 Å². The van der Waals surface area contributed by atoms with Crippen molar-refractivity contribution >= 4 is 22.7 Å². The van der Waals surface area contributed by atoms with Crippen LogP contribution in [0.4, 0.5) is 0 Å². The fraction of sp³-hybridized carbons (Fsp3) is 0.500. The number of methoxy groups -OCH3 is 1. The third kappa shape index (κ3) is 4.50. The lowest BCUT2D eigenvalue weighted by atomic mass is 9.97. The molecule has 154 valence electrons. The topological polar surface area (TPSA) is 83.6 Å². The molecule has 4 rings (SSSR count). The lowest BCUT2D eigenvalue weighted by Gasteiger charge is -2.33. The Bertz CT molecular complexity index is 895. The minimum Gasteiger partial charge on any atom is -0.497 e. The van der Waals surface area contributed by atoms with Gasteiger partial charge in [0.2, 0.25) is 5.91 Å². The molecule has 2 aromatic rings. The minimum atomic E-state index is -0.0586. The third-order valence-corrected chi connectivity index (χ3v) is 5.86. The molecule has 2 fully saturated rings. The van der Waals surface area contributed by atoms with E-state index in [1.807, 2.05) is 29.2 Å². The molecule has 2 amide bonds. The molecule has 29 heavy (non-hydrogen) atoms. The number of carbonyl (C=O) groups is 2. The summed E-state index contributed by atoms with van der Waals surface area (Å²) >= 11 is 0.